The van der Waals surface area contributed by atoms with Crippen LogP contribution in [0.5, 0.6) is 0 Å². The highest BCUT2D eigenvalue weighted by molar-refractivity contribution is 5.77. The van der Waals surface area contributed by atoms with Crippen molar-refractivity contribution in [3.05, 3.63) is 0 Å². The minimum Gasteiger partial charge on any atom is -0.385 e. The lowest BCUT2D eigenvalue weighted by Crippen LogP contribution is -2.39. The largest absolute Gasteiger partial charge is 0.385 e. The Balaban J connectivity index is 3.32. The number of amides is 1. The second-order valence-electron chi connectivity index (χ2n) is 2.65. The number of hydrogen-bond acceptors (Lipinski definition) is 4. The van der Waals surface area contributed by atoms with E-state index in [1.807, 2.05) is 11.9 Å². The highest BCUT2D eigenvalue weighted by Gasteiger charge is 2.03. The Morgan fingerprint density at radius 3 is 2.83 bits per heavy atom. The number of ether oxygens (including phenoxy) is 1. The molecule has 5 heteroatoms. The molecule has 0 aliphatic heterocycles. The Labute approximate surface area is 72.8 Å². The summed E-state index contributed by atoms with van der Waals surface area (Å²) in [6.07, 6.45) is 0.921. The van der Waals surface area contributed by atoms with Crippen molar-refractivity contribution >= 4 is 5.91 Å². The molecule has 0 atom stereocenters. The topological polar surface area (TPSA) is 67.6 Å². The number of hydrazine groups is 1. The van der Waals surface area contributed by atoms with Crippen LogP contribution in [0.3, 0.4) is 0 Å². The second-order valence-corrected chi connectivity index (χ2v) is 2.65. The molecule has 1 amide bonds. The lowest BCUT2D eigenvalue weighted by Gasteiger charge is -2.14. The summed E-state index contributed by atoms with van der Waals surface area (Å²) in [4.78, 5) is 12.6. The van der Waals surface area contributed by atoms with E-state index in [2.05, 4.69) is 5.43 Å². The van der Waals surface area contributed by atoms with Crippen molar-refractivity contribution < 1.29 is 9.53 Å². The minimum atomic E-state index is -0.171. The third-order valence-corrected chi connectivity index (χ3v) is 1.46. The maximum atomic E-state index is 10.7. The van der Waals surface area contributed by atoms with E-state index in [-0.39, 0.29) is 5.91 Å². The third-order valence-electron chi connectivity index (χ3n) is 1.46. The predicted octanol–water partition coefficient (Wildman–Crippen LogP) is -1.06. The quantitative estimate of drug-likeness (QED) is 0.234. The van der Waals surface area contributed by atoms with Gasteiger partial charge in [-0.1, -0.05) is 0 Å². The SMILES string of the molecule is COCCCN(C)CC(=O)NN. The van der Waals surface area contributed by atoms with Gasteiger partial charge in [-0.25, -0.2) is 5.84 Å². The summed E-state index contributed by atoms with van der Waals surface area (Å²) < 4.78 is 4.87. The molecule has 0 unspecified atom stereocenters. The number of nitrogens with one attached hydrogen (secondary N) is 1. The summed E-state index contributed by atoms with van der Waals surface area (Å²) >= 11 is 0. The zero-order valence-electron chi connectivity index (χ0n) is 7.67. The first-order chi connectivity index (χ1) is 5.70. The number of carbonyl (C=O) groups excluding carboxylic acids is 1. The van der Waals surface area contributed by atoms with Gasteiger partial charge in [0, 0.05) is 20.3 Å². The number of carbonyl (C=O) groups is 1. The normalized spacial score (nSPS) is 10.3. The van der Waals surface area contributed by atoms with Gasteiger partial charge in [-0.05, 0) is 13.5 Å². The monoisotopic (exact) mass is 175 g/mol. The van der Waals surface area contributed by atoms with E-state index in [1.54, 1.807) is 7.11 Å². The van der Waals surface area contributed by atoms with Gasteiger partial charge in [0.05, 0.1) is 6.54 Å². The molecular weight excluding hydrogens is 158 g/mol. The van der Waals surface area contributed by atoms with Gasteiger partial charge in [-0.15, -0.1) is 0 Å². The molecule has 0 rings (SSSR count). The Bertz CT molecular complexity index is 130. The molecule has 0 aliphatic carbocycles. The molecule has 5 nitrogen and oxygen atoms in total. The maximum Gasteiger partial charge on any atom is 0.248 e. The van der Waals surface area contributed by atoms with Crippen LogP contribution in [0.2, 0.25) is 0 Å². The Hall–Kier alpha value is -0.650. The van der Waals surface area contributed by atoms with Gasteiger partial charge < -0.3 is 4.74 Å². The van der Waals surface area contributed by atoms with E-state index >= 15 is 0 Å². The lowest BCUT2D eigenvalue weighted by molar-refractivity contribution is -0.122. The lowest BCUT2D eigenvalue weighted by atomic mass is 10.4. The molecule has 0 bridgehead atoms. The van der Waals surface area contributed by atoms with E-state index in [4.69, 9.17) is 10.6 Å². The fourth-order valence-electron chi connectivity index (χ4n) is 0.849. The van der Waals surface area contributed by atoms with Crippen LogP contribution in [0.4, 0.5) is 0 Å². The molecular formula is C7H17N3O2. The Morgan fingerprint density at radius 1 is 1.67 bits per heavy atom. The zero-order valence-corrected chi connectivity index (χ0v) is 7.67. The summed E-state index contributed by atoms with van der Waals surface area (Å²) in [5.74, 6) is 4.75. The summed E-state index contributed by atoms with van der Waals surface area (Å²) in [5.41, 5.74) is 2.07. The fourth-order valence-corrected chi connectivity index (χ4v) is 0.849. The summed E-state index contributed by atoms with van der Waals surface area (Å²) in [5, 5.41) is 0. The van der Waals surface area contributed by atoms with Crippen LogP contribution in [-0.4, -0.2) is 44.7 Å². The number of nitrogens with two attached hydrogens (primary N) is 1. The molecule has 0 spiro atoms. The van der Waals surface area contributed by atoms with Crippen LogP contribution in [0, 0.1) is 0 Å². The first-order valence-electron chi connectivity index (χ1n) is 3.87. The third kappa shape index (κ3) is 6.09. The van der Waals surface area contributed by atoms with E-state index in [0.29, 0.717) is 13.2 Å². The van der Waals surface area contributed by atoms with Crippen LogP contribution in [0.15, 0.2) is 0 Å². The molecule has 12 heavy (non-hydrogen) atoms. The van der Waals surface area contributed by atoms with Gasteiger partial charge >= 0.3 is 0 Å². The van der Waals surface area contributed by atoms with Gasteiger partial charge in [0.2, 0.25) is 5.91 Å². The highest BCUT2D eigenvalue weighted by atomic mass is 16.5. The number of likely N-dealkylation sites (N-methyl/N-ethyl adjacent to an activating group) is 1. The first-order valence-corrected chi connectivity index (χ1v) is 3.87. The van der Waals surface area contributed by atoms with E-state index in [0.717, 1.165) is 13.0 Å². The minimum absolute atomic E-state index is 0.171. The zero-order chi connectivity index (χ0) is 9.40. The molecule has 0 aromatic carbocycles. The van der Waals surface area contributed by atoms with Gasteiger partial charge in [-0.3, -0.25) is 15.1 Å². The van der Waals surface area contributed by atoms with E-state index in [9.17, 15) is 4.79 Å². The highest BCUT2D eigenvalue weighted by Crippen LogP contribution is 1.86. The van der Waals surface area contributed by atoms with Crippen LogP contribution in [-0.2, 0) is 9.53 Å². The molecule has 0 saturated heterocycles. The molecule has 0 aromatic heterocycles. The average molecular weight is 175 g/mol. The number of rotatable bonds is 6. The van der Waals surface area contributed by atoms with Crippen molar-refractivity contribution in [3.8, 4) is 0 Å². The predicted molar refractivity (Wildman–Crippen MR) is 46.3 cm³/mol. The Morgan fingerprint density at radius 2 is 2.33 bits per heavy atom. The molecule has 0 aromatic rings. The first kappa shape index (κ1) is 11.4. The van der Waals surface area contributed by atoms with Crippen molar-refractivity contribution in [2.24, 2.45) is 5.84 Å². The van der Waals surface area contributed by atoms with Gasteiger partial charge in [0.25, 0.3) is 0 Å². The van der Waals surface area contributed by atoms with Crippen molar-refractivity contribution in [2.45, 2.75) is 6.42 Å². The standard InChI is InChI=1S/C7H17N3O2/c1-10(4-3-5-12-2)6-7(11)9-8/h3-6,8H2,1-2H3,(H,9,11). The van der Waals surface area contributed by atoms with Crippen molar-refractivity contribution in [2.75, 3.05) is 33.9 Å². The summed E-state index contributed by atoms with van der Waals surface area (Å²) in [7, 11) is 3.53. The molecule has 0 aliphatic rings. The Kier molecular flexibility index (Phi) is 6.64. The average Bonchev–Trinajstić information content (AvgIpc) is 2.05. The second kappa shape index (κ2) is 7.02. The number of hydrogen-bond donors (Lipinski definition) is 2. The molecule has 3 N–H and O–H groups in total. The van der Waals surface area contributed by atoms with E-state index in [1.165, 1.54) is 0 Å². The number of nitrogens with zero attached hydrogens (tertiary/aromatic N) is 1. The van der Waals surface area contributed by atoms with Crippen LogP contribution in [0.1, 0.15) is 6.42 Å². The smallest absolute Gasteiger partial charge is 0.248 e. The molecule has 72 valence electrons. The van der Waals surface area contributed by atoms with Crippen molar-refractivity contribution in [1.82, 2.24) is 10.3 Å². The van der Waals surface area contributed by atoms with E-state index < -0.39 is 0 Å². The number of methoxy groups -OCH3 is 1. The summed E-state index contributed by atoms with van der Waals surface area (Å²) in [6, 6.07) is 0. The van der Waals surface area contributed by atoms with Gasteiger partial charge in [-0.2, -0.15) is 0 Å². The molecule has 0 radical (unpaired) electrons. The van der Waals surface area contributed by atoms with Crippen molar-refractivity contribution in [1.29, 1.82) is 0 Å². The molecule has 0 heterocycles. The molecule has 0 saturated carbocycles. The van der Waals surface area contributed by atoms with Crippen molar-refractivity contribution in [3.63, 3.8) is 0 Å². The van der Waals surface area contributed by atoms with Crippen LogP contribution >= 0.6 is 0 Å². The molecule has 0 fully saturated rings. The van der Waals surface area contributed by atoms with Crippen LogP contribution in [0.25, 0.3) is 0 Å². The maximum absolute atomic E-state index is 10.7. The summed E-state index contributed by atoms with van der Waals surface area (Å²) in [6.45, 7) is 1.88. The van der Waals surface area contributed by atoms with Gasteiger partial charge in [0.1, 0.15) is 0 Å². The fraction of sp³-hybridized carbons (Fsp3) is 0.857. The van der Waals surface area contributed by atoms with Crippen LogP contribution < -0.4 is 11.3 Å². The van der Waals surface area contributed by atoms with Gasteiger partial charge in [0.15, 0.2) is 0 Å².